The molecule has 2 saturated carbocycles. The molecular formula is C19H21ClN2O3. The van der Waals surface area contributed by atoms with Crippen molar-refractivity contribution in [2.24, 2.45) is 11.8 Å². The van der Waals surface area contributed by atoms with Gasteiger partial charge in [0.2, 0.25) is 11.8 Å². The van der Waals surface area contributed by atoms with Crippen LogP contribution in [0.5, 0.6) is 0 Å². The highest BCUT2D eigenvalue weighted by Gasteiger charge is 2.49. The first-order valence-corrected chi connectivity index (χ1v) is 9.31. The van der Waals surface area contributed by atoms with Crippen molar-refractivity contribution in [2.75, 3.05) is 6.54 Å². The van der Waals surface area contributed by atoms with E-state index in [1.54, 1.807) is 6.07 Å². The van der Waals surface area contributed by atoms with Gasteiger partial charge in [0, 0.05) is 17.6 Å². The summed E-state index contributed by atoms with van der Waals surface area (Å²) in [6, 6.07) is 6.95. The molecule has 1 aromatic rings. The number of hydrogen-bond acceptors (Lipinski definition) is 3. The van der Waals surface area contributed by atoms with Crippen LogP contribution in [0.1, 0.15) is 37.7 Å². The molecule has 0 radical (unpaired) electrons. The fourth-order valence-electron chi connectivity index (χ4n) is 4.66. The van der Waals surface area contributed by atoms with Crippen LogP contribution in [0.25, 0.3) is 0 Å². The van der Waals surface area contributed by atoms with Crippen LogP contribution in [0.2, 0.25) is 5.02 Å². The van der Waals surface area contributed by atoms with Crippen LogP contribution in [0.3, 0.4) is 0 Å². The predicted octanol–water partition coefficient (Wildman–Crippen LogP) is 3.25. The summed E-state index contributed by atoms with van der Waals surface area (Å²) in [7, 11) is 0. The topological polar surface area (TPSA) is 57.7 Å². The van der Waals surface area contributed by atoms with Gasteiger partial charge in [-0.25, -0.2) is 4.79 Å². The highest BCUT2D eigenvalue weighted by Crippen LogP contribution is 2.47. The van der Waals surface area contributed by atoms with E-state index in [2.05, 4.69) is 0 Å². The second kappa shape index (κ2) is 6.45. The zero-order valence-corrected chi connectivity index (χ0v) is 14.7. The quantitative estimate of drug-likeness (QED) is 0.774. The van der Waals surface area contributed by atoms with Gasteiger partial charge in [-0.05, 0) is 55.2 Å². The standard InChI is InChI=1S/C19H21ClN2O3/c20-15-3-1-2-12(9-15)6-7-21-17(23)11-18(24)22(19(21)25)16-10-13-4-5-14(16)8-13/h1-3,9,13-14,16H,4-8,10-11H2/t13-,14+,16-/m1/s1. The first-order valence-electron chi connectivity index (χ1n) is 8.94. The third-order valence-corrected chi connectivity index (χ3v) is 6.09. The van der Waals surface area contributed by atoms with Gasteiger partial charge < -0.3 is 0 Å². The van der Waals surface area contributed by atoms with E-state index in [9.17, 15) is 14.4 Å². The van der Waals surface area contributed by atoms with Crippen molar-refractivity contribution >= 4 is 29.4 Å². The van der Waals surface area contributed by atoms with Gasteiger partial charge in [0.1, 0.15) is 6.42 Å². The average Bonchev–Trinajstić information content (AvgIpc) is 3.17. The normalized spacial score (nSPS) is 29.0. The second-order valence-corrected chi connectivity index (χ2v) is 7.83. The number of hydrogen-bond donors (Lipinski definition) is 0. The Bertz CT molecular complexity index is 735. The number of carbonyl (C=O) groups excluding carboxylic acids is 3. The van der Waals surface area contributed by atoms with Gasteiger partial charge in [-0.1, -0.05) is 30.2 Å². The van der Waals surface area contributed by atoms with Crippen LogP contribution < -0.4 is 0 Å². The van der Waals surface area contributed by atoms with Crippen molar-refractivity contribution in [2.45, 2.75) is 44.6 Å². The summed E-state index contributed by atoms with van der Waals surface area (Å²) in [6.07, 6.45) is 4.64. The Kier molecular flexibility index (Phi) is 4.28. The van der Waals surface area contributed by atoms with Crippen molar-refractivity contribution in [3.05, 3.63) is 34.9 Å². The number of urea groups is 1. The number of imide groups is 2. The first kappa shape index (κ1) is 16.6. The molecule has 3 atom stereocenters. The summed E-state index contributed by atoms with van der Waals surface area (Å²) < 4.78 is 0. The van der Waals surface area contributed by atoms with E-state index >= 15 is 0 Å². The lowest BCUT2D eigenvalue weighted by Crippen LogP contribution is -2.59. The highest BCUT2D eigenvalue weighted by atomic mass is 35.5. The van der Waals surface area contributed by atoms with Gasteiger partial charge in [0.15, 0.2) is 0 Å². The minimum absolute atomic E-state index is 0.0134. The van der Waals surface area contributed by atoms with E-state index in [-0.39, 0.29) is 24.9 Å². The van der Waals surface area contributed by atoms with E-state index in [0.29, 0.717) is 23.3 Å². The zero-order valence-electron chi connectivity index (χ0n) is 14.0. The molecule has 1 heterocycles. The molecule has 132 valence electrons. The first-order chi connectivity index (χ1) is 12.0. The Balaban J connectivity index is 1.48. The molecule has 4 rings (SSSR count). The molecule has 6 heteroatoms. The summed E-state index contributed by atoms with van der Waals surface area (Å²) in [5.41, 5.74) is 0.969. The van der Waals surface area contributed by atoms with E-state index in [1.165, 1.54) is 16.2 Å². The van der Waals surface area contributed by atoms with Crippen LogP contribution in [0.15, 0.2) is 24.3 Å². The fourth-order valence-corrected chi connectivity index (χ4v) is 4.87. The maximum atomic E-state index is 12.9. The van der Waals surface area contributed by atoms with E-state index in [1.807, 2.05) is 18.2 Å². The third kappa shape index (κ3) is 3.06. The number of halogens is 1. The van der Waals surface area contributed by atoms with Gasteiger partial charge in [-0.2, -0.15) is 0 Å². The van der Waals surface area contributed by atoms with Crippen LogP contribution in [0.4, 0.5) is 4.79 Å². The minimum Gasteiger partial charge on any atom is -0.274 e. The van der Waals surface area contributed by atoms with Gasteiger partial charge in [0.25, 0.3) is 0 Å². The number of benzene rings is 1. The lowest BCUT2D eigenvalue weighted by atomic mass is 9.93. The third-order valence-electron chi connectivity index (χ3n) is 5.85. The SMILES string of the molecule is O=C1CC(=O)N([C@@H]2C[C@@H]3CC[C@H]2C3)C(=O)N1CCc1cccc(Cl)c1. The lowest BCUT2D eigenvalue weighted by Gasteiger charge is -2.39. The maximum Gasteiger partial charge on any atom is 0.333 e. The number of carbonyl (C=O) groups is 3. The van der Waals surface area contributed by atoms with Crippen molar-refractivity contribution in [1.29, 1.82) is 0 Å². The molecule has 4 amide bonds. The predicted molar refractivity (Wildman–Crippen MR) is 93.0 cm³/mol. The number of rotatable bonds is 4. The molecule has 0 unspecified atom stereocenters. The molecule has 1 aromatic carbocycles. The largest absolute Gasteiger partial charge is 0.333 e. The summed E-state index contributed by atoms with van der Waals surface area (Å²) in [5.74, 6) is 0.331. The Morgan fingerprint density at radius 2 is 1.92 bits per heavy atom. The van der Waals surface area contributed by atoms with Gasteiger partial charge in [-0.3, -0.25) is 19.4 Å². The molecule has 0 spiro atoms. The van der Waals surface area contributed by atoms with Crippen LogP contribution in [-0.2, 0) is 16.0 Å². The zero-order chi connectivity index (χ0) is 17.6. The smallest absolute Gasteiger partial charge is 0.274 e. The molecule has 25 heavy (non-hydrogen) atoms. The summed E-state index contributed by atoms with van der Waals surface area (Å²) in [4.78, 5) is 40.2. The lowest BCUT2D eigenvalue weighted by molar-refractivity contribution is -0.144. The molecule has 3 fully saturated rings. The van der Waals surface area contributed by atoms with E-state index in [0.717, 1.165) is 24.8 Å². The van der Waals surface area contributed by atoms with Crippen LogP contribution >= 0.6 is 11.6 Å². The Morgan fingerprint density at radius 1 is 1.08 bits per heavy atom. The molecule has 1 aliphatic heterocycles. The number of nitrogens with zero attached hydrogens (tertiary/aromatic N) is 2. The molecular weight excluding hydrogens is 340 g/mol. The van der Waals surface area contributed by atoms with Gasteiger partial charge in [0.05, 0.1) is 0 Å². The summed E-state index contributed by atoms with van der Waals surface area (Å²) in [5, 5.41) is 0.632. The Morgan fingerprint density at radius 3 is 2.60 bits per heavy atom. The molecule has 2 aliphatic carbocycles. The number of amides is 4. The van der Waals surface area contributed by atoms with Gasteiger partial charge in [-0.15, -0.1) is 0 Å². The second-order valence-electron chi connectivity index (χ2n) is 7.39. The molecule has 0 N–H and O–H groups in total. The molecule has 5 nitrogen and oxygen atoms in total. The molecule has 3 aliphatic rings. The average molecular weight is 361 g/mol. The Hall–Kier alpha value is -1.88. The number of fused-ring (bicyclic) bond motifs is 2. The Labute approximate surface area is 151 Å². The monoisotopic (exact) mass is 360 g/mol. The highest BCUT2D eigenvalue weighted by molar-refractivity contribution is 6.30. The van der Waals surface area contributed by atoms with Gasteiger partial charge >= 0.3 is 6.03 Å². The number of barbiturate groups is 1. The van der Waals surface area contributed by atoms with E-state index in [4.69, 9.17) is 11.6 Å². The molecule has 1 saturated heterocycles. The van der Waals surface area contributed by atoms with Crippen molar-refractivity contribution < 1.29 is 14.4 Å². The maximum absolute atomic E-state index is 12.9. The van der Waals surface area contributed by atoms with E-state index < -0.39 is 11.9 Å². The van der Waals surface area contributed by atoms with Crippen LogP contribution in [0, 0.1) is 11.8 Å². The minimum atomic E-state index is -0.430. The van der Waals surface area contributed by atoms with Crippen LogP contribution in [-0.4, -0.2) is 40.2 Å². The molecule has 2 bridgehead atoms. The fraction of sp³-hybridized carbons (Fsp3) is 0.526. The summed E-state index contributed by atoms with van der Waals surface area (Å²) in [6.45, 7) is 0.280. The summed E-state index contributed by atoms with van der Waals surface area (Å²) >= 11 is 5.99. The van der Waals surface area contributed by atoms with Crippen molar-refractivity contribution in [3.8, 4) is 0 Å². The molecule has 0 aromatic heterocycles. The van der Waals surface area contributed by atoms with Crippen molar-refractivity contribution in [3.63, 3.8) is 0 Å². The van der Waals surface area contributed by atoms with Crippen molar-refractivity contribution in [1.82, 2.24) is 9.80 Å².